The second-order valence-electron chi connectivity index (χ2n) is 2.60. The van der Waals surface area contributed by atoms with E-state index in [9.17, 15) is 8.76 Å². The molecule has 14 heavy (non-hydrogen) atoms. The van der Waals surface area contributed by atoms with Crippen LogP contribution in [0, 0.1) is 6.92 Å². The summed E-state index contributed by atoms with van der Waals surface area (Å²) in [5.74, 6) is 0.733. The number of rotatable bonds is 3. The van der Waals surface area contributed by atoms with Gasteiger partial charge < -0.3 is 9.29 Å². The Kier molecular flexibility index (Phi) is 6.64. The van der Waals surface area contributed by atoms with Crippen molar-refractivity contribution in [2.45, 2.75) is 18.7 Å². The maximum Gasteiger partial charge on any atom is 1.00 e. The van der Waals surface area contributed by atoms with Crippen molar-refractivity contribution in [1.82, 2.24) is 0 Å². The minimum Gasteiger partial charge on any atom is -0.768 e. The summed E-state index contributed by atoms with van der Waals surface area (Å²) in [5, 5.41) is 0. The summed E-state index contributed by atoms with van der Waals surface area (Å²) >= 11 is -2.16. The molecule has 0 saturated carbocycles. The third kappa shape index (κ3) is 3.71. The molecule has 1 rings (SSSR count). The molecule has 0 radical (unpaired) electrons. The molecule has 0 amide bonds. The number of ether oxygens (including phenoxy) is 1. The molecule has 1 aromatic carbocycles. The first-order valence-corrected chi connectivity index (χ1v) is 5.05. The molecule has 0 fully saturated rings. The second kappa shape index (κ2) is 6.58. The van der Waals surface area contributed by atoms with E-state index >= 15 is 0 Å². The van der Waals surface area contributed by atoms with E-state index in [0.29, 0.717) is 11.5 Å². The number of hydrogen-bond acceptors (Lipinski definition) is 3. The van der Waals surface area contributed by atoms with E-state index in [-0.39, 0.29) is 29.6 Å². The molecule has 0 aliphatic heterocycles. The van der Waals surface area contributed by atoms with Gasteiger partial charge in [-0.05, 0) is 48.7 Å². The summed E-state index contributed by atoms with van der Waals surface area (Å²) in [6, 6.07) is 4.79. The summed E-state index contributed by atoms with van der Waals surface area (Å²) in [4.78, 5) is 0.293. The van der Waals surface area contributed by atoms with Gasteiger partial charge in [0.15, 0.2) is 0 Å². The predicted molar refractivity (Wildman–Crippen MR) is 49.5 cm³/mol. The summed E-state index contributed by atoms with van der Waals surface area (Å²) in [6.07, 6.45) is 0. The molecular weight excluding hydrogens is 211 g/mol. The molecule has 0 bridgehead atoms. The number of aryl methyl sites for hydroxylation is 1. The van der Waals surface area contributed by atoms with Gasteiger partial charge in [-0.3, -0.25) is 4.21 Å². The zero-order valence-electron chi connectivity index (χ0n) is 8.57. The van der Waals surface area contributed by atoms with E-state index < -0.39 is 11.1 Å². The van der Waals surface area contributed by atoms with E-state index in [1.807, 2.05) is 13.8 Å². The minimum absolute atomic E-state index is 0. The molecular formula is C9H11NaO3S. The Balaban J connectivity index is 0.00000169. The largest absolute Gasteiger partial charge is 1.00 e. The Morgan fingerprint density at radius 3 is 2.57 bits per heavy atom. The van der Waals surface area contributed by atoms with Gasteiger partial charge in [-0.15, -0.1) is 0 Å². The maximum atomic E-state index is 10.6. The second-order valence-corrected chi connectivity index (χ2v) is 3.54. The van der Waals surface area contributed by atoms with Crippen LogP contribution < -0.4 is 34.3 Å². The van der Waals surface area contributed by atoms with Crippen LogP contribution in [0.1, 0.15) is 12.5 Å². The maximum absolute atomic E-state index is 10.6. The first kappa shape index (κ1) is 14.1. The molecule has 0 aliphatic rings. The zero-order valence-corrected chi connectivity index (χ0v) is 11.4. The van der Waals surface area contributed by atoms with E-state index in [0.717, 1.165) is 11.3 Å². The van der Waals surface area contributed by atoms with Crippen LogP contribution in [-0.2, 0) is 11.1 Å². The first-order chi connectivity index (χ1) is 6.15. The molecule has 0 spiro atoms. The quantitative estimate of drug-likeness (QED) is 0.468. The molecule has 1 aromatic rings. The SMILES string of the molecule is CCOc1ccc(S(=O)[O-])cc1C.[Na+]. The van der Waals surface area contributed by atoms with Crippen molar-refractivity contribution in [2.24, 2.45) is 0 Å². The van der Waals surface area contributed by atoms with Gasteiger partial charge in [0.25, 0.3) is 0 Å². The van der Waals surface area contributed by atoms with Gasteiger partial charge in [0.2, 0.25) is 0 Å². The van der Waals surface area contributed by atoms with Gasteiger partial charge in [-0.2, -0.15) is 0 Å². The average molecular weight is 222 g/mol. The fourth-order valence-corrected chi connectivity index (χ4v) is 1.50. The van der Waals surface area contributed by atoms with Crippen LogP contribution in [0.25, 0.3) is 0 Å². The summed E-state index contributed by atoms with van der Waals surface area (Å²) in [7, 11) is 0. The first-order valence-electron chi connectivity index (χ1n) is 3.98. The van der Waals surface area contributed by atoms with E-state index in [1.54, 1.807) is 12.1 Å². The van der Waals surface area contributed by atoms with Crippen molar-refractivity contribution in [3.05, 3.63) is 23.8 Å². The Morgan fingerprint density at radius 1 is 1.50 bits per heavy atom. The van der Waals surface area contributed by atoms with Gasteiger partial charge >= 0.3 is 29.6 Å². The Morgan fingerprint density at radius 2 is 2.14 bits per heavy atom. The molecule has 0 heterocycles. The topological polar surface area (TPSA) is 49.4 Å². The standard InChI is InChI=1S/C9H12O3S.Na/c1-3-12-9-5-4-8(13(10)11)6-7(9)2;/h4-6H,3H2,1-2H3,(H,10,11);/q;+1/p-1. The molecule has 72 valence electrons. The fraction of sp³-hybridized carbons (Fsp3) is 0.333. The van der Waals surface area contributed by atoms with Crippen molar-refractivity contribution in [2.75, 3.05) is 6.61 Å². The Bertz CT molecular complexity index is 328. The molecule has 0 aliphatic carbocycles. The van der Waals surface area contributed by atoms with Crippen LogP contribution in [0.4, 0.5) is 0 Å². The Labute approximate surface area is 108 Å². The van der Waals surface area contributed by atoms with Crippen LogP contribution in [0.3, 0.4) is 0 Å². The van der Waals surface area contributed by atoms with Gasteiger partial charge in [0.05, 0.1) is 6.61 Å². The van der Waals surface area contributed by atoms with Crippen molar-refractivity contribution in [3.63, 3.8) is 0 Å². The van der Waals surface area contributed by atoms with Crippen LogP contribution in [-0.4, -0.2) is 15.4 Å². The molecule has 0 aromatic heterocycles. The zero-order chi connectivity index (χ0) is 9.84. The van der Waals surface area contributed by atoms with Gasteiger partial charge in [-0.25, -0.2) is 0 Å². The number of hydrogen-bond donors (Lipinski definition) is 0. The van der Waals surface area contributed by atoms with Crippen molar-refractivity contribution in [3.8, 4) is 5.75 Å². The van der Waals surface area contributed by atoms with Crippen molar-refractivity contribution in [1.29, 1.82) is 0 Å². The summed E-state index contributed by atoms with van der Waals surface area (Å²) in [6.45, 7) is 4.29. The average Bonchev–Trinajstić information content (AvgIpc) is 2.08. The normalized spacial score (nSPS) is 11.6. The minimum atomic E-state index is -2.16. The fourth-order valence-electron chi connectivity index (χ4n) is 1.04. The van der Waals surface area contributed by atoms with Crippen molar-refractivity contribution < 1.29 is 43.1 Å². The van der Waals surface area contributed by atoms with Crippen LogP contribution >= 0.6 is 0 Å². The van der Waals surface area contributed by atoms with Crippen LogP contribution in [0.2, 0.25) is 0 Å². The molecule has 1 unspecified atom stereocenters. The number of benzene rings is 1. The third-order valence-electron chi connectivity index (χ3n) is 1.64. The van der Waals surface area contributed by atoms with Gasteiger partial charge in [0, 0.05) is 4.90 Å². The molecule has 0 saturated heterocycles. The summed E-state index contributed by atoms with van der Waals surface area (Å²) < 4.78 is 26.4. The molecule has 3 nitrogen and oxygen atoms in total. The van der Waals surface area contributed by atoms with Gasteiger partial charge in [-0.1, -0.05) is 0 Å². The van der Waals surface area contributed by atoms with E-state index in [2.05, 4.69) is 0 Å². The Hall–Kier alpha value is 0.130. The molecule has 0 N–H and O–H groups in total. The third-order valence-corrected chi connectivity index (χ3v) is 2.28. The predicted octanol–water partition coefficient (Wildman–Crippen LogP) is -1.36. The van der Waals surface area contributed by atoms with Crippen LogP contribution in [0.15, 0.2) is 23.1 Å². The molecule has 5 heteroatoms. The van der Waals surface area contributed by atoms with E-state index in [1.165, 1.54) is 6.07 Å². The van der Waals surface area contributed by atoms with Crippen LogP contribution in [0.5, 0.6) is 5.75 Å². The monoisotopic (exact) mass is 222 g/mol. The van der Waals surface area contributed by atoms with Gasteiger partial charge in [0.1, 0.15) is 5.75 Å². The smallest absolute Gasteiger partial charge is 0.768 e. The van der Waals surface area contributed by atoms with E-state index in [4.69, 9.17) is 4.74 Å². The van der Waals surface area contributed by atoms with Crippen molar-refractivity contribution >= 4 is 11.1 Å². The summed E-state index contributed by atoms with van der Waals surface area (Å²) in [5.41, 5.74) is 0.837. The molecule has 1 atom stereocenters.